The van der Waals surface area contributed by atoms with Crippen LogP contribution in [0.4, 0.5) is 0 Å². The number of carbonyl (C=O) groups excluding carboxylic acids is 3. The summed E-state index contributed by atoms with van der Waals surface area (Å²) in [6.45, 7) is 6.75. The third-order valence-corrected chi connectivity index (χ3v) is 2.82. The molecule has 5 heteroatoms. The Labute approximate surface area is 129 Å². The summed E-state index contributed by atoms with van der Waals surface area (Å²) in [6.07, 6.45) is 1.08. The lowest BCUT2D eigenvalue weighted by Gasteiger charge is -2.09. The van der Waals surface area contributed by atoms with E-state index >= 15 is 0 Å². The van der Waals surface area contributed by atoms with E-state index in [-0.39, 0.29) is 30.1 Å². The molecule has 118 valence electrons. The van der Waals surface area contributed by atoms with E-state index in [2.05, 4.69) is 6.58 Å². The summed E-state index contributed by atoms with van der Waals surface area (Å²) in [5.74, 6) is -1.23. The van der Waals surface area contributed by atoms with Gasteiger partial charge >= 0.3 is 11.9 Å². The fourth-order valence-electron chi connectivity index (χ4n) is 1.74. The molecule has 5 nitrogen and oxygen atoms in total. The van der Waals surface area contributed by atoms with Gasteiger partial charge < -0.3 is 9.47 Å². The predicted octanol–water partition coefficient (Wildman–Crippen LogP) is 2.95. The first-order valence-corrected chi connectivity index (χ1v) is 7.09. The maximum absolute atomic E-state index is 12.0. The highest BCUT2D eigenvalue weighted by Crippen LogP contribution is 2.13. The Hall–Kier alpha value is -2.43. The Kier molecular flexibility index (Phi) is 7.02. The first-order valence-electron chi connectivity index (χ1n) is 7.09. The van der Waals surface area contributed by atoms with Gasteiger partial charge in [-0.3, -0.25) is 4.79 Å². The predicted molar refractivity (Wildman–Crippen MR) is 81.7 cm³/mol. The third kappa shape index (κ3) is 5.16. The maximum atomic E-state index is 12.0. The van der Waals surface area contributed by atoms with Crippen LogP contribution >= 0.6 is 0 Å². The van der Waals surface area contributed by atoms with E-state index in [1.165, 1.54) is 6.92 Å². The van der Waals surface area contributed by atoms with E-state index in [1.54, 1.807) is 24.3 Å². The van der Waals surface area contributed by atoms with E-state index < -0.39 is 11.9 Å². The lowest BCUT2D eigenvalue weighted by molar-refractivity contribution is -0.140. The number of rotatable bonds is 8. The molecule has 0 N–H and O–H groups in total. The van der Waals surface area contributed by atoms with Crippen LogP contribution in [0.3, 0.4) is 0 Å². The van der Waals surface area contributed by atoms with Crippen LogP contribution in [0.25, 0.3) is 0 Å². The minimum absolute atomic E-state index is 0.0531. The molecule has 0 radical (unpaired) electrons. The second-order valence-corrected chi connectivity index (χ2v) is 4.77. The summed E-state index contributed by atoms with van der Waals surface area (Å²) >= 11 is 0. The summed E-state index contributed by atoms with van der Waals surface area (Å²) in [6, 6.07) is 6.52. The molecule has 0 heterocycles. The highest BCUT2D eigenvalue weighted by atomic mass is 16.6. The summed E-state index contributed by atoms with van der Waals surface area (Å²) in [4.78, 5) is 35.2. The molecule has 1 aromatic carbocycles. The summed E-state index contributed by atoms with van der Waals surface area (Å²) < 4.78 is 9.85. The molecule has 22 heavy (non-hydrogen) atoms. The second-order valence-electron chi connectivity index (χ2n) is 4.77. The van der Waals surface area contributed by atoms with Crippen LogP contribution in [-0.4, -0.2) is 30.9 Å². The van der Waals surface area contributed by atoms with Crippen LogP contribution in [0, 0.1) is 0 Å². The van der Waals surface area contributed by atoms with Crippen molar-refractivity contribution in [1.29, 1.82) is 0 Å². The number of Topliss-reactive ketones (excluding diaryl/α,β-unsaturated/α-hetero) is 1. The molecule has 0 bridgehead atoms. The van der Waals surface area contributed by atoms with Gasteiger partial charge in [-0.25, -0.2) is 9.59 Å². The van der Waals surface area contributed by atoms with Gasteiger partial charge in [-0.05, 0) is 19.4 Å². The largest absolute Gasteiger partial charge is 0.459 e. The van der Waals surface area contributed by atoms with Gasteiger partial charge in [-0.1, -0.05) is 31.7 Å². The van der Waals surface area contributed by atoms with Crippen molar-refractivity contribution in [2.75, 3.05) is 13.2 Å². The van der Waals surface area contributed by atoms with Gasteiger partial charge in [0.25, 0.3) is 0 Å². The first-order chi connectivity index (χ1) is 10.5. The van der Waals surface area contributed by atoms with Gasteiger partial charge in [0, 0.05) is 17.6 Å². The molecule has 0 amide bonds. The van der Waals surface area contributed by atoms with Crippen molar-refractivity contribution in [2.45, 2.75) is 26.7 Å². The highest BCUT2D eigenvalue weighted by molar-refractivity contribution is 6.06. The van der Waals surface area contributed by atoms with Gasteiger partial charge in [-0.15, -0.1) is 0 Å². The molecular formula is C17H20O5. The molecule has 0 aliphatic heterocycles. The number of ether oxygens (including phenoxy) is 2. The average molecular weight is 304 g/mol. The fourth-order valence-corrected chi connectivity index (χ4v) is 1.74. The zero-order valence-corrected chi connectivity index (χ0v) is 12.9. The number of ketones is 1. The summed E-state index contributed by atoms with van der Waals surface area (Å²) in [5.41, 5.74) is 0.863. The maximum Gasteiger partial charge on any atom is 0.338 e. The number of hydrogen-bond donors (Lipinski definition) is 0. The minimum Gasteiger partial charge on any atom is -0.459 e. The number of benzene rings is 1. The lowest BCUT2D eigenvalue weighted by atomic mass is 10.0. The van der Waals surface area contributed by atoms with Crippen LogP contribution in [0.1, 0.15) is 47.4 Å². The molecule has 0 aromatic heterocycles. The number of hydrogen-bond acceptors (Lipinski definition) is 5. The molecule has 1 aromatic rings. The van der Waals surface area contributed by atoms with Crippen molar-refractivity contribution in [3.05, 3.63) is 47.5 Å². The Morgan fingerprint density at radius 1 is 1.05 bits per heavy atom. The second kappa shape index (κ2) is 8.77. The molecule has 0 saturated carbocycles. The monoisotopic (exact) mass is 304 g/mol. The molecule has 0 spiro atoms. The fraction of sp³-hybridized carbons (Fsp3) is 0.353. The lowest BCUT2D eigenvalue weighted by Crippen LogP contribution is -2.16. The Balaban J connectivity index is 2.61. The van der Waals surface area contributed by atoms with E-state index in [4.69, 9.17) is 9.47 Å². The molecule has 0 unspecified atom stereocenters. The zero-order chi connectivity index (χ0) is 16.5. The molecule has 0 saturated heterocycles. The van der Waals surface area contributed by atoms with E-state index in [0.717, 1.165) is 0 Å². The first kappa shape index (κ1) is 17.6. The zero-order valence-electron chi connectivity index (χ0n) is 12.9. The normalized spacial score (nSPS) is 9.91. The molecule has 0 aliphatic rings. The van der Waals surface area contributed by atoms with Crippen molar-refractivity contribution in [3.8, 4) is 0 Å². The summed E-state index contributed by atoms with van der Waals surface area (Å²) in [5, 5.41) is 0. The van der Waals surface area contributed by atoms with Crippen molar-refractivity contribution >= 4 is 17.7 Å². The molecule has 1 rings (SSSR count). The van der Waals surface area contributed by atoms with Crippen molar-refractivity contribution in [2.24, 2.45) is 0 Å². The minimum atomic E-state index is -0.605. The standard InChI is InChI=1S/C17H20O5/c1-4-7-15(18)13-8-5-6-9-14(13)17(20)22-11-10-21-16(19)12(2)3/h5-6,8-9H,2,4,7,10-11H2,1,3H3. The molecule has 0 atom stereocenters. The molecule has 0 fully saturated rings. The van der Waals surface area contributed by atoms with Crippen LogP contribution in [0.2, 0.25) is 0 Å². The third-order valence-electron chi connectivity index (χ3n) is 2.82. The van der Waals surface area contributed by atoms with Gasteiger partial charge in [-0.2, -0.15) is 0 Å². The molecular weight excluding hydrogens is 284 g/mol. The van der Waals surface area contributed by atoms with Crippen LogP contribution < -0.4 is 0 Å². The van der Waals surface area contributed by atoms with Crippen LogP contribution in [0.5, 0.6) is 0 Å². The SMILES string of the molecule is C=C(C)C(=O)OCCOC(=O)c1ccccc1C(=O)CCC. The molecule has 0 aliphatic carbocycles. The topological polar surface area (TPSA) is 69.7 Å². The van der Waals surface area contributed by atoms with Crippen molar-refractivity contribution in [1.82, 2.24) is 0 Å². The van der Waals surface area contributed by atoms with Crippen LogP contribution in [-0.2, 0) is 14.3 Å². The van der Waals surface area contributed by atoms with E-state index in [0.29, 0.717) is 18.4 Å². The summed E-state index contributed by atoms with van der Waals surface area (Å²) in [7, 11) is 0. The van der Waals surface area contributed by atoms with Crippen molar-refractivity contribution in [3.63, 3.8) is 0 Å². The smallest absolute Gasteiger partial charge is 0.338 e. The quantitative estimate of drug-likeness (QED) is 0.319. The van der Waals surface area contributed by atoms with Gasteiger partial charge in [0.2, 0.25) is 0 Å². The Morgan fingerprint density at radius 2 is 1.64 bits per heavy atom. The van der Waals surface area contributed by atoms with E-state index in [9.17, 15) is 14.4 Å². The van der Waals surface area contributed by atoms with Crippen molar-refractivity contribution < 1.29 is 23.9 Å². The number of esters is 2. The average Bonchev–Trinajstić information content (AvgIpc) is 2.51. The van der Waals surface area contributed by atoms with E-state index in [1.807, 2.05) is 6.92 Å². The van der Waals surface area contributed by atoms with Gasteiger partial charge in [0.1, 0.15) is 13.2 Å². The highest BCUT2D eigenvalue weighted by Gasteiger charge is 2.17. The van der Waals surface area contributed by atoms with Gasteiger partial charge in [0.15, 0.2) is 5.78 Å². The van der Waals surface area contributed by atoms with Crippen LogP contribution in [0.15, 0.2) is 36.4 Å². The number of carbonyl (C=O) groups is 3. The Morgan fingerprint density at radius 3 is 2.23 bits per heavy atom. The van der Waals surface area contributed by atoms with Gasteiger partial charge in [0.05, 0.1) is 5.56 Å². The Bertz CT molecular complexity index is 574.